The molecule has 0 fully saturated rings. The molecule has 3 N–H and O–H groups in total. The molecule has 1 aliphatic rings. The second-order valence-electron chi connectivity index (χ2n) is 6.96. The summed E-state index contributed by atoms with van der Waals surface area (Å²) in [5, 5.41) is 13.2. The molecule has 1 atom stereocenters. The molecule has 1 aliphatic heterocycles. The minimum atomic E-state index is -1.06. The number of aromatic nitrogens is 1. The summed E-state index contributed by atoms with van der Waals surface area (Å²) in [5.41, 5.74) is 0.435. The van der Waals surface area contributed by atoms with E-state index in [4.69, 9.17) is 0 Å². The van der Waals surface area contributed by atoms with Crippen LogP contribution in [0.1, 0.15) is 38.1 Å². The zero-order chi connectivity index (χ0) is 18.9. The van der Waals surface area contributed by atoms with Crippen LogP contribution in [0.15, 0.2) is 35.3 Å². The van der Waals surface area contributed by atoms with Gasteiger partial charge in [0, 0.05) is 22.6 Å². The molecule has 3 rings (SSSR count). The van der Waals surface area contributed by atoms with Crippen LogP contribution in [0.5, 0.6) is 0 Å². The van der Waals surface area contributed by atoms with E-state index in [-0.39, 0.29) is 11.7 Å². The molecule has 0 spiro atoms. The zero-order valence-corrected chi connectivity index (χ0v) is 14.7. The van der Waals surface area contributed by atoms with Crippen LogP contribution < -0.4 is 5.32 Å². The van der Waals surface area contributed by atoms with Crippen LogP contribution in [0.3, 0.4) is 0 Å². The Morgan fingerprint density at radius 2 is 2.15 bits per heavy atom. The fraction of sp³-hybridized carbons (Fsp3) is 0.263. The number of aromatic amines is 1. The van der Waals surface area contributed by atoms with Gasteiger partial charge in [-0.25, -0.2) is 9.38 Å². The number of aliphatic hydroxyl groups is 1. The lowest BCUT2D eigenvalue weighted by molar-refractivity contribution is -0.123. The Balaban J connectivity index is 1.78. The van der Waals surface area contributed by atoms with Gasteiger partial charge in [0.05, 0.1) is 0 Å². The van der Waals surface area contributed by atoms with Gasteiger partial charge in [-0.05, 0) is 30.2 Å². The Labute approximate surface area is 150 Å². The van der Waals surface area contributed by atoms with Gasteiger partial charge in [-0.3, -0.25) is 9.69 Å². The number of carbonyl (C=O) groups is 1. The molecule has 2 aromatic rings. The number of nitrogens with zero attached hydrogens (tertiary/aromatic N) is 2. The molecule has 7 heteroatoms. The summed E-state index contributed by atoms with van der Waals surface area (Å²) in [6, 6.07) is 10.2. The summed E-state index contributed by atoms with van der Waals surface area (Å²) in [5.74, 6) is 3.15. The molecular weight excluding hydrogens is 335 g/mol. The van der Waals surface area contributed by atoms with Crippen LogP contribution in [0.4, 0.5) is 16.0 Å². The summed E-state index contributed by atoms with van der Waals surface area (Å²) in [7, 11) is 0. The van der Waals surface area contributed by atoms with Gasteiger partial charge in [-0.2, -0.15) is 0 Å². The van der Waals surface area contributed by atoms with Gasteiger partial charge in [-0.1, -0.05) is 26.8 Å². The SMILES string of the molecule is CC(C)(C)C(=O)Nc1cc2c([nH]1)N=CN(C#Cc1cccc(F)c1)C2O. The lowest BCUT2D eigenvalue weighted by Crippen LogP contribution is -2.27. The topological polar surface area (TPSA) is 80.7 Å². The highest BCUT2D eigenvalue weighted by atomic mass is 19.1. The van der Waals surface area contributed by atoms with Crippen molar-refractivity contribution < 1.29 is 14.3 Å². The maximum Gasteiger partial charge on any atom is 0.230 e. The molecule has 1 amide bonds. The van der Waals surface area contributed by atoms with E-state index < -0.39 is 11.6 Å². The summed E-state index contributed by atoms with van der Waals surface area (Å²) < 4.78 is 13.2. The molecule has 0 bridgehead atoms. The number of halogens is 1. The summed E-state index contributed by atoms with van der Waals surface area (Å²) in [4.78, 5) is 20.6. The first kappa shape index (κ1) is 17.7. The number of amides is 1. The molecule has 1 unspecified atom stereocenters. The van der Waals surface area contributed by atoms with Crippen LogP contribution >= 0.6 is 0 Å². The minimum absolute atomic E-state index is 0.155. The van der Waals surface area contributed by atoms with Crippen LogP contribution in [0.25, 0.3) is 0 Å². The molecule has 6 nitrogen and oxygen atoms in total. The number of benzene rings is 1. The Morgan fingerprint density at radius 3 is 2.85 bits per heavy atom. The number of fused-ring (bicyclic) bond motifs is 1. The average molecular weight is 354 g/mol. The van der Waals surface area contributed by atoms with Crippen LogP contribution in [-0.4, -0.2) is 27.2 Å². The number of hydrogen-bond acceptors (Lipinski definition) is 4. The molecule has 2 heterocycles. The second kappa shape index (κ2) is 6.65. The molecule has 0 radical (unpaired) electrons. The van der Waals surface area contributed by atoms with Gasteiger partial charge in [0.15, 0.2) is 6.23 Å². The lowest BCUT2D eigenvalue weighted by atomic mass is 9.96. The summed E-state index contributed by atoms with van der Waals surface area (Å²) >= 11 is 0. The van der Waals surface area contributed by atoms with Crippen molar-refractivity contribution in [3.05, 3.63) is 47.3 Å². The Kier molecular flexibility index (Phi) is 4.53. The fourth-order valence-electron chi connectivity index (χ4n) is 2.26. The number of nitrogens with one attached hydrogen (secondary N) is 2. The van der Waals surface area contributed by atoms with Crippen molar-refractivity contribution in [1.82, 2.24) is 9.88 Å². The Morgan fingerprint density at radius 1 is 1.38 bits per heavy atom. The summed E-state index contributed by atoms with van der Waals surface area (Å²) in [6.07, 6.45) is 0.325. The van der Waals surface area contributed by atoms with Crippen molar-refractivity contribution >= 4 is 23.9 Å². The number of carbonyl (C=O) groups excluding carboxylic acids is 1. The number of anilines is 1. The molecule has 1 aromatic heterocycles. The van der Waals surface area contributed by atoms with E-state index in [1.165, 1.54) is 23.4 Å². The van der Waals surface area contributed by atoms with Gasteiger partial charge in [0.25, 0.3) is 0 Å². The van der Waals surface area contributed by atoms with Crippen LogP contribution in [-0.2, 0) is 4.79 Å². The van der Waals surface area contributed by atoms with Crippen molar-refractivity contribution in [3.63, 3.8) is 0 Å². The van der Waals surface area contributed by atoms with E-state index in [1.807, 2.05) is 20.8 Å². The van der Waals surface area contributed by atoms with E-state index in [2.05, 4.69) is 27.3 Å². The molecule has 1 aromatic carbocycles. The normalized spacial score (nSPS) is 15.9. The first-order chi connectivity index (χ1) is 12.2. The van der Waals surface area contributed by atoms with Gasteiger partial charge in [-0.15, -0.1) is 0 Å². The molecule has 0 saturated carbocycles. The van der Waals surface area contributed by atoms with Crippen molar-refractivity contribution in [2.45, 2.75) is 27.0 Å². The monoisotopic (exact) mass is 354 g/mol. The van der Waals surface area contributed by atoms with Crippen molar-refractivity contribution in [1.29, 1.82) is 0 Å². The molecule has 134 valence electrons. The van der Waals surface area contributed by atoms with Crippen molar-refractivity contribution in [2.24, 2.45) is 10.4 Å². The zero-order valence-electron chi connectivity index (χ0n) is 14.7. The highest BCUT2D eigenvalue weighted by Gasteiger charge is 2.26. The third-order valence-corrected chi connectivity index (χ3v) is 3.76. The molecule has 0 aliphatic carbocycles. The van der Waals surface area contributed by atoms with Crippen molar-refractivity contribution in [3.8, 4) is 12.0 Å². The van der Waals surface area contributed by atoms with E-state index in [1.54, 1.807) is 18.2 Å². The predicted molar refractivity (Wildman–Crippen MR) is 97.1 cm³/mol. The molecule has 0 saturated heterocycles. The Bertz CT molecular complexity index is 931. The lowest BCUT2D eigenvalue weighted by Gasteiger charge is -2.22. The minimum Gasteiger partial charge on any atom is -0.368 e. The Hall–Kier alpha value is -3.11. The van der Waals surface area contributed by atoms with Crippen molar-refractivity contribution in [2.75, 3.05) is 5.32 Å². The van der Waals surface area contributed by atoms with Crippen LogP contribution in [0.2, 0.25) is 0 Å². The number of aliphatic imine (C=N–C) groups is 1. The summed E-state index contributed by atoms with van der Waals surface area (Å²) in [6.45, 7) is 5.42. The highest BCUT2D eigenvalue weighted by Crippen LogP contribution is 2.33. The van der Waals surface area contributed by atoms with E-state index >= 15 is 0 Å². The fourth-order valence-corrected chi connectivity index (χ4v) is 2.26. The first-order valence-electron chi connectivity index (χ1n) is 8.06. The van der Waals surface area contributed by atoms with E-state index in [9.17, 15) is 14.3 Å². The van der Waals surface area contributed by atoms with Crippen LogP contribution in [0, 0.1) is 23.2 Å². The third-order valence-electron chi connectivity index (χ3n) is 3.76. The van der Waals surface area contributed by atoms with E-state index in [0.717, 1.165) is 0 Å². The third kappa shape index (κ3) is 3.76. The van der Waals surface area contributed by atoms with Gasteiger partial charge < -0.3 is 15.4 Å². The quantitative estimate of drug-likeness (QED) is 0.689. The highest BCUT2D eigenvalue weighted by molar-refractivity contribution is 5.94. The van der Waals surface area contributed by atoms with Gasteiger partial charge in [0.1, 0.15) is 23.8 Å². The number of hydrogen-bond donors (Lipinski definition) is 3. The maximum atomic E-state index is 13.2. The second-order valence-corrected chi connectivity index (χ2v) is 6.96. The smallest absolute Gasteiger partial charge is 0.230 e. The number of H-pyrrole nitrogens is 1. The van der Waals surface area contributed by atoms with Gasteiger partial charge in [0.2, 0.25) is 5.91 Å². The molecule has 26 heavy (non-hydrogen) atoms. The van der Waals surface area contributed by atoms with E-state index in [0.29, 0.717) is 22.8 Å². The predicted octanol–water partition coefficient (Wildman–Crippen LogP) is 3.11. The van der Waals surface area contributed by atoms with Gasteiger partial charge >= 0.3 is 0 Å². The number of aliphatic hydroxyl groups excluding tert-OH is 1. The largest absolute Gasteiger partial charge is 0.368 e. The molecular formula is C19H19FN4O2. The standard InChI is InChI=1S/C19H19FN4O2/c1-19(2,3)18(26)23-15-10-14-16(22-15)21-11-24(17(14)25)8-7-12-5-4-6-13(20)9-12/h4-6,9-11,17,22,25H,1-3H3,(H,23,26). The first-order valence-corrected chi connectivity index (χ1v) is 8.06. The maximum absolute atomic E-state index is 13.2. The average Bonchev–Trinajstić information content (AvgIpc) is 2.97. The number of rotatable bonds is 1.